The average Bonchev–Trinajstić information content (AvgIpc) is 2.53. The number of rotatable bonds is 6. The van der Waals surface area contributed by atoms with Crippen LogP contribution in [0, 0.1) is 5.82 Å². The minimum atomic E-state index is -0.240. The van der Waals surface area contributed by atoms with Crippen molar-refractivity contribution in [1.29, 1.82) is 0 Å². The Bertz CT molecular complexity index is 580. The van der Waals surface area contributed by atoms with Crippen LogP contribution in [-0.4, -0.2) is 7.11 Å². The van der Waals surface area contributed by atoms with E-state index in [-0.39, 0.29) is 11.9 Å². The second-order valence-electron chi connectivity index (χ2n) is 5.16. The number of nitrogens with one attached hydrogen (secondary N) is 1. The minimum Gasteiger partial charge on any atom is -0.497 e. The van der Waals surface area contributed by atoms with E-state index in [4.69, 9.17) is 4.74 Å². The zero-order valence-electron chi connectivity index (χ0n) is 12.8. The molecule has 0 saturated heterocycles. The van der Waals surface area contributed by atoms with Gasteiger partial charge in [-0.1, -0.05) is 37.3 Å². The third-order valence-electron chi connectivity index (χ3n) is 3.75. The fourth-order valence-corrected chi connectivity index (χ4v) is 2.22. The van der Waals surface area contributed by atoms with Crippen LogP contribution >= 0.6 is 0 Å². The van der Waals surface area contributed by atoms with Gasteiger partial charge in [-0.15, -0.1) is 0 Å². The Morgan fingerprint density at radius 3 is 2.43 bits per heavy atom. The fourth-order valence-electron chi connectivity index (χ4n) is 2.22. The number of hydrogen-bond acceptors (Lipinski definition) is 2. The Balaban J connectivity index is 1.98. The van der Waals surface area contributed by atoms with Crippen LogP contribution in [0.2, 0.25) is 0 Å². The molecule has 1 atom stereocenters. The highest BCUT2D eigenvalue weighted by Crippen LogP contribution is 2.18. The normalized spacial score (nSPS) is 12.2. The minimum absolute atomic E-state index is 0.178. The molecule has 0 aliphatic carbocycles. The molecule has 0 saturated carbocycles. The summed E-state index contributed by atoms with van der Waals surface area (Å²) in [4.78, 5) is 0. The Morgan fingerprint density at radius 2 is 1.86 bits per heavy atom. The van der Waals surface area contributed by atoms with Crippen LogP contribution < -0.4 is 10.1 Å². The summed E-state index contributed by atoms with van der Waals surface area (Å²) in [7, 11) is 1.54. The molecule has 0 bridgehead atoms. The van der Waals surface area contributed by atoms with E-state index in [9.17, 15) is 4.39 Å². The largest absolute Gasteiger partial charge is 0.497 e. The number of ether oxygens (including phenoxy) is 1. The first-order chi connectivity index (χ1) is 10.1. The van der Waals surface area contributed by atoms with E-state index in [0.29, 0.717) is 17.9 Å². The van der Waals surface area contributed by atoms with Crippen LogP contribution in [0.1, 0.15) is 36.6 Å². The molecule has 21 heavy (non-hydrogen) atoms. The first-order valence-corrected chi connectivity index (χ1v) is 7.28. The smallest absolute Gasteiger partial charge is 0.131 e. The fraction of sp³-hybridized carbons (Fsp3) is 0.333. The van der Waals surface area contributed by atoms with Gasteiger partial charge in [0.1, 0.15) is 11.6 Å². The zero-order chi connectivity index (χ0) is 15.2. The van der Waals surface area contributed by atoms with Crippen LogP contribution in [0.25, 0.3) is 0 Å². The lowest BCUT2D eigenvalue weighted by Crippen LogP contribution is -2.18. The topological polar surface area (TPSA) is 21.3 Å². The predicted molar refractivity (Wildman–Crippen MR) is 84.0 cm³/mol. The molecule has 0 heterocycles. The van der Waals surface area contributed by atoms with E-state index in [1.54, 1.807) is 12.1 Å². The molecular formula is C18H22FNO. The lowest BCUT2D eigenvalue weighted by atomic mass is 10.0. The molecule has 0 aromatic heterocycles. The number of methoxy groups -OCH3 is 1. The van der Waals surface area contributed by atoms with Gasteiger partial charge in [-0.2, -0.15) is 0 Å². The van der Waals surface area contributed by atoms with Crippen molar-refractivity contribution < 1.29 is 9.13 Å². The molecule has 0 aliphatic rings. The molecule has 3 heteroatoms. The van der Waals surface area contributed by atoms with Gasteiger partial charge < -0.3 is 10.1 Å². The Kier molecular flexibility index (Phi) is 5.34. The van der Waals surface area contributed by atoms with Gasteiger partial charge in [0.05, 0.1) is 7.11 Å². The molecule has 2 aromatic carbocycles. The molecule has 2 rings (SSSR count). The molecule has 0 fully saturated rings. The number of halogens is 1. The summed E-state index contributed by atoms with van der Waals surface area (Å²) in [6.07, 6.45) is 1.04. The second kappa shape index (κ2) is 7.23. The van der Waals surface area contributed by atoms with E-state index < -0.39 is 0 Å². The van der Waals surface area contributed by atoms with E-state index in [2.05, 4.69) is 43.4 Å². The van der Waals surface area contributed by atoms with Crippen molar-refractivity contribution in [2.24, 2.45) is 0 Å². The summed E-state index contributed by atoms with van der Waals surface area (Å²) in [5.41, 5.74) is 3.18. The van der Waals surface area contributed by atoms with Crippen molar-refractivity contribution in [3.63, 3.8) is 0 Å². The molecule has 0 aliphatic heterocycles. The van der Waals surface area contributed by atoms with Gasteiger partial charge in [0, 0.05) is 24.2 Å². The SMILES string of the molecule is CCc1ccc(C(C)NCc2ccc(OC)cc2F)cc1. The molecule has 0 amide bonds. The van der Waals surface area contributed by atoms with Crippen molar-refractivity contribution in [2.45, 2.75) is 32.9 Å². The molecule has 2 aromatic rings. The van der Waals surface area contributed by atoms with Gasteiger partial charge >= 0.3 is 0 Å². The Labute approximate surface area is 126 Å². The van der Waals surface area contributed by atoms with Crippen LogP contribution in [0.15, 0.2) is 42.5 Å². The molecule has 0 spiro atoms. The Hall–Kier alpha value is -1.87. The maximum atomic E-state index is 13.9. The number of benzene rings is 2. The standard InChI is InChI=1S/C18H22FNO/c1-4-14-5-7-15(8-6-14)13(2)20-12-16-9-10-17(21-3)11-18(16)19/h5-11,13,20H,4,12H2,1-3H3. The maximum Gasteiger partial charge on any atom is 0.131 e. The van der Waals surface area contributed by atoms with Crippen LogP contribution in [-0.2, 0) is 13.0 Å². The monoisotopic (exact) mass is 287 g/mol. The summed E-state index contributed by atoms with van der Waals surface area (Å²) in [6, 6.07) is 13.7. The van der Waals surface area contributed by atoms with Crippen LogP contribution in [0.3, 0.4) is 0 Å². The highest BCUT2D eigenvalue weighted by Gasteiger charge is 2.08. The third kappa shape index (κ3) is 4.05. The van der Waals surface area contributed by atoms with Gasteiger partial charge in [-0.3, -0.25) is 0 Å². The third-order valence-corrected chi connectivity index (χ3v) is 3.75. The van der Waals surface area contributed by atoms with E-state index >= 15 is 0 Å². The number of aryl methyl sites for hydroxylation is 1. The molecule has 0 radical (unpaired) electrons. The van der Waals surface area contributed by atoms with Gasteiger partial charge in [0.25, 0.3) is 0 Å². The highest BCUT2D eigenvalue weighted by atomic mass is 19.1. The highest BCUT2D eigenvalue weighted by molar-refractivity contribution is 5.29. The Morgan fingerprint density at radius 1 is 1.14 bits per heavy atom. The van der Waals surface area contributed by atoms with Crippen molar-refractivity contribution >= 4 is 0 Å². The van der Waals surface area contributed by atoms with Gasteiger partial charge in [-0.25, -0.2) is 4.39 Å². The summed E-state index contributed by atoms with van der Waals surface area (Å²) in [6.45, 7) is 4.72. The van der Waals surface area contributed by atoms with Crippen LogP contribution in [0.5, 0.6) is 5.75 Å². The molecule has 112 valence electrons. The lowest BCUT2D eigenvalue weighted by molar-refractivity contribution is 0.410. The average molecular weight is 287 g/mol. The van der Waals surface area contributed by atoms with Crippen LogP contribution in [0.4, 0.5) is 4.39 Å². The van der Waals surface area contributed by atoms with Crippen molar-refractivity contribution in [2.75, 3.05) is 7.11 Å². The zero-order valence-corrected chi connectivity index (χ0v) is 12.8. The number of hydrogen-bond donors (Lipinski definition) is 1. The van der Waals surface area contributed by atoms with E-state index in [1.165, 1.54) is 24.3 Å². The van der Waals surface area contributed by atoms with E-state index in [0.717, 1.165) is 6.42 Å². The molecule has 1 unspecified atom stereocenters. The summed E-state index contributed by atoms with van der Waals surface area (Å²) in [5, 5.41) is 3.35. The van der Waals surface area contributed by atoms with Gasteiger partial charge in [-0.05, 0) is 30.5 Å². The lowest BCUT2D eigenvalue weighted by Gasteiger charge is -2.15. The molecule has 2 nitrogen and oxygen atoms in total. The van der Waals surface area contributed by atoms with Gasteiger partial charge in [0.2, 0.25) is 0 Å². The summed E-state index contributed by atoms with van der Waals surface area (Å²) in [5.74, 6) is 0.301. The van der Waals surface area contributed by atoms with Crippen molar-refractivity contribution in [3.05, 3.63) is 65.0 Å². The van der Waals surface area contributed by atoms with Crippen molar-refractivity contribution in [3.8, 4) is 5.75 Å². The van der Waals surface area contributed by atoms with Crippen molar-refractivity contribution in [1.82, 2.24) is 5.32 Å². The summed E-state index contributed by atoms with van der Waals surface area (Å²) >= 11 is 0. The predicted octanol–water partition coefficient (Wildman–Crippen LogP) is 4.25. The van der Waals surface area contributed by atoms with E-state index in [1.807, 2.05) is 0 Å². The quantitative estimate of drug-likeness (QED) is 0.857. The van der Waals surface area contributed by atoms with Gasteiger partial charge in [0.15, 0.2) is 0 Å². The second-order valence-corrected chi connectivity index (χ2v) is 5.16. The molecular weight excluding hydrogens is 265 g/mol. The molecule has 1 N–H and O–H groups in total. The summed E-state index contributed by atoms with van der Waals surface area (Å²) < 4.78 is 18.9. The first-order valence-electron chi connectivity index (χ1n) is 7.28. The first kappa shape index (κ1) is 15.5. The maximum absolute atomic E-state index is 13.9.